The molecule has 5 heteroatoms. The molecule has 0 radical (unpaired) electrons. The first-order valence-electron chi connectivity index (χ1n) is 29.5. The Balaban J connectivity index is 3.60. The number of amides is 1. The molecule has 0 aliphatic carbocycles. The molecule has 0 aliphatic heterocycles. The zero-order valence-electron chi connectivity index (χ0n) is 44.3. The molecule has 4 N–H and O–H groups in total. The van der Waals surface area contributed by atoms with Gasteiger partial charge in [0.25, 0.3) is 0 Å². The summed E-state index contributed by atoms with van der Waals surface area (Å²) in [7, 11) is 0. The third kappa shape index (κ3) is 50.2. The van der Waals surface area contributed by atoms with Crippen LogP contribution in [0.15, 0.2) is 48.6 Å². The average Bonchev–Trinajstić information content (AvgIpc) is 3.32. The summed E-state index contributed by atoms with van der Waals surface area (Å²) >= 11 is 0. The molecule has 66 heavy (non-hydrogen) atoms. The van der Waals surface area contributed by atoms with E-state index in [9.17, 15) is 20.1 Å². The highest BCUT2D eigenvalue weighted by Gasteiger charge is 2.22. The van der Waals surface area contributed by atoms with Crippen molar-refractivity contribution < 1.29 is 20.1 Å². The molecular weight excluding hydrogens is 811 g/mol. The molecule has 0 saturated carbocycles. The van der Waals surface area contributed by atoms with Crippen LogP contribution in [0.3, 0.4) is 0 Å². The molecule has 0 heterocycles. The van der Waals surface area contributed by atoms with Crippen molar-refractivity contribution in [1.82, 2.24) is 5.32 Å². The Hall–Kier alpha value is -1.69. The Labute approximate surface area is 412 Å². The second kappa shape index (κ2) is 55.9. The minimum Gasteiger partial charge on any atom is -0.394 e. The van der Waals surface area contributed by atoms with E-state index >= 15 is 0 Å². The SMILES string of the molecule is CCCCCCCCCCCCCC/C=C\CCCCCCCCCCCCCCCCC(O)C(=O)NC(CO)C(O)/C=C/CC/C=C/CC/C=C/CCCCCCCCCCCCCC. The summed E-state index contributed by atoms with van der Waals surface area (Å²) in [5.41, 5.74) is 0. The van der Waals surface area contributed by atoms with E-state index in [0.29, 0.717) is 6.42 Å². The van der Waals surface area contributed by atoms with E-state index in [1.807, 2.05) is 6.08 Å². The van der Waals surface area contributed by atoms with Crippen molar-refractivity contribution in [2.45, 2.75) is 327 Å². The highest BCUT2D eigenvalue weighted by atomic mass is 16.3. The van der Waals surface area contributed by atoms with Gasteiger partial charge in [-0.2, -0.15) is 0 Å². The quantitative estimate of drug-likeness (QED) is 0.0361. The van der Waals surface area contributed by atoms with Gasteiger partial charge in [-0.25, -0.2) is 0 Å². The number of carbonyl (C=O) groups excluding carboxylic acids is 1. The van der Waals surface area contributed by atoms with E-state index in [1.54, 1.807) is 6.08 Å². The summed E-state index contributed by atoms with van der Waals surface area (Å²) in [5, 5.41) is 33.4. The number of hydrogen-bond acceptors (Lipinski definition) is 4. The van der Waals surface area contributed by atoms with Gasteiger partial charge in [0.05, 0.1) is 18.8 Å². The fourth-order valence-corrected chi connectivity index (χ4v) is 9.04. The van der Waals surface area contributed by atoms with Gasteiger partial charge in [0.1, 0.15) is 6.10 Å². The maximum absolute atomic E-state index is 12.6. The first-order chi connectivity index (χ1) is 32.6. The normalized spacial score (nSPS) is 13.6. The minimum atomic E-state index is -1.11. The predicted molar refractivity (Wildman–Crippen MR) is 291 cm³/mol. The number of carbonyl (C=O) groups is 1. The van der Waals surface area contributed by atoms with E-state index < -0.39 is 24.2 Å². The van der Waals surface area contributed by atoms with E-state index in [1.165, 1.54) is 244 Å². The molecule has 3 unspecified atom stereocenters. The molecule has 0 aromatic heterocycles. The van der Waals surface area contributed by atoms with Crippen LogP contribution in [0.5, 0.6) is 0 Å². The third-order valence-corrected chi connectivity index (χ3v) is 13.6. The van der Waals surface area contributed by atoms with Gasteiger partial charge < -0.3 is 20.6 Å². The number of hydrogen-bond donors (Lipinski definition) is 4. The van der Waals surface area contributed by atoms with Crippen LogP contribution in [-0.2, 0) is 4.79 Å². The molecule has 0 fully saturated rings. The second-order valence-electron chi connectivity index (χ2n) is 20.2. The molecule has 388 valence electrons. The lowest BCUT2D eigenvalue weighted by Crippen LogP contribution is -2.48. The Morgan fingerprint density at radius 3 is 0.924 bits per heavy atom. The van der Waals surface area contributed by atoms with Crippen LogP contribution in [0.4, 0.5) is 0 Å². The van der Waals surface area contributed by atoms with Gasteiger partial charge in [0, 0.05) is 0 Å². The zero-order chi connectivity index (χ0) is 47.9. The Kier molecular flexibility index (Phi) is 54.5. The molecule has 0 saturated heterocycles. The first kappa shape index (κ1) is 64.3. The highest BCUT2D eigenvalue weighted by Crippen LogP contribution is 2.17. The van der Waals surface area contributed by atoms with Gasteiger partial charge in [-0.05, 0) is 70.6 Å². The molecule has 0 aromatic rings. The Morgan fingerprint density at radius 2 is 0.621 bits per heavy atom. The zero-order valence-corrected chi connectivity index (χ0v) is 44.3. The maximum atomic E-state index is 12.6. The third-order valence-electron chi connectivity index (χ3n) is 13.6. The molecule has 1 amide bonds. The van der Waals surface area contributed by atoms with Gasteiger partial charge in [-0.1, -0.05) is 287 Å². The lowest BCUT2D eigenvalue weighted by molar-refractivity contribution is -0.131. The number of unbranched alkanes of at least 4 members (excludes halogenated alkanes) is 40. The fourth-order valence-electron chi connectivity index (χ4n) is 9.04. The van der Waals surface area contributed by atoms with E-state index in [0.717, 1.165) is 44.9 Å². The van der Waals surface area contributed by atoms with Gasteiger partial charge in [-0.3, -0.25) is 4.79 Å². The number of rotatable bonds is 54. The maximum Gasteiger partial charge on any atom is 0.249 e. The van der Waals surface area contributed by atoms with Crippen LogP contribution >= 0.6 is 0 Å². The smallest absolute Gasteiger partial charge is 0.249 e. The van der Waals surface area contributed by atoms with Crippen LogP contribution in [-0.4, -0.2) is 46.1 Å². The fraction of sp³-hybridized carbons (Fsp3) is 0.852. The topological polar surface area (TPSA) is 89.8 Å². The van der Waals surface area contributed by atoms with Crippen molar-refractivity contribution in [3.05, 3.63) is 48.6 Å². The van der Waals surface area contributed by atoms with Crippen LogP contribution in [0, 0.1) is 0 Å². The van der Waals surface area contributed by atoms with Crippen molar-refractivity contribution in [2.75, 3.05) is 6.61 Å². The highest BCUT2D eigenvalue weighted by molar-refractivity contribution is 5.80. The molecular formula is C61H115NO4. The summed E-state index contributed by atoms with van der Waals surface area (Å²) in [4.78, 5) is 12.6. The van der Waals surface area contributed by atoms with Gasteiger partial charge >= 0.3 is 0 Å². The van der Waals surface area contributed by atoms with Gasteiger partial charge in [0.2, 0.25) is 5.91 Å². The van der Waals surface area contributed by atoms with Gasteiger partial charge in [-0.15, -0.1) is 0 Å². The number of nitrogens with one attached hydrogen (secondary N) is 1. The summed E-state index contributed by atoms with van der Waals surface area (Å²) in [6, 6.07) is -0.822. The van der Waals surface area contributed by atoms with Crippen molar-refractivity contribution in [3.63, 3.8) is 0 Å². The largest absolute Gasteiger partial charge is 0.394 e. The predicted octanol–water partition coefficient (Wildman–Crippen LogP) is 18.4. The van der Waals surface area contributed by atoms with Crippen LogP contribution in [0.1, 0.15) is 309 Å². The van der Waals surface area contributed by atoms with Crippen LogP contribution < -0.4 is 5.32 Å². The lowest BCUT2D eigenvalue weighted by Gasteiger charge is -2.21. The summed E-state index contributed by atoms with van der Waals surface area (Å²) in [6.45, 7) is 4.20. The number of aliphatic hydroxyl groups excluding tert-OH is 3. The molecule has 0 aromatic carbocycles. The second-order valence-corrected chi connectivity index (χ2v) is 20.2. The average molecular weight is 927 g/mol. The van der Waals surface area contributed by atoms with Crippen molar-refractivity contribution >= 4 is 5.91 Å². The van der Waals surface area contributed by atoms with Crippen LogP contribution in [0.25, 0.3) is 0 Å². The number of allylic oxidation sites excluding steroid dienone is 7. The molecule has 5 nitrogen and oxygen atoms in total. The monoisotopic (exact) mass is 926 g/mol. The summed E-state index contributed by atoms with van der Waals surface area (Å²) in [5.74, 6) is -0.514. The van der Waals surface area contributed by atoms with Crippen molar-refractivity contribution in [3.8, 4) is 0 Å². The molecule has 0 rings (SSSR count). The van der Waals surface area contributed by atoms with Crippen LogP contribution in [0.2, 0.25) is 0 Å². The summed E-state index contributed by atoms with van der Waals surface area (Å²) < 4.78 is 0. The molecule has 0 aliphatic rings. The van der Waals surface area contributed by atoms with E-state index in [-0.39, 0.29) is 6.61 Å². The molecule has 0 bridgehead atoms. The first-order valence-corrected chi connectivity index (χ1v) is 29.5. The van der Waals surface area contributed by atoms with E-state index in [4.69, 9.17) is 0 Å². The van der Waals surface area contributed by atoms with Gasteiger partial charge in [0.15, 0.2) is 0 Å². The number of aliphatic hydroxyl groups is 3. The Morgan fingerprint density at radius 1 is 0.364 bits per heavy atom. The lowest BCUT2D eigenvalue weighted by atomic mass is 10.0. The summed E-state index contributed by atoms with van der Waals surface area (Å²) in [6.07, 6.45) is 74.9. The van der Waals surface area contributed by atoms with Crippen molar-refractivity contribution in [2.24, 2.45) is 0 Å². The molecule has 3 atom stereocenters. The standard InChI is InChI=1S/C61H115NO4/c1-3-5-7-9-11-13-15-17-19-21-23-25-27-28-29-30-31-32-33-34-36-38-40-42-44-46-48-50-52-54-56-60(65)61(66)62-58(57-63)59(64)55-53-51-49-47-45-43-41-39-37-35-26-24-22-20-18-16-14-12-10-8-6-4-2/h28-29,37,39,45,47,53,55,58-60,63-65H,3-27,30-36,38,40-44,46,48-52,54,56-57H2,1-2H3,(H,62,66)/b29-28-,39-37+,47-45+,55-53+. The molecule has 0 spiro atoms. The van der Waals surface area contributed by atoms with E-state index in [2.05, 4.69) is 55.6 Å². The van der Waals surface area contributed by atoms with Crippen molar-refractivity contribution in [1.29, 1.82) is 0 Å². The Bertz CT molecular complexity index is 1070. The minimum absolute atomic E-state index is 0.381.